The number of benzene rings is 2. The topological polar surface area (TPSA) is 80.9 Å². The number of halogens is 1. The van der Waals surface area contributed by atoms with Crippen LogP contribution in [0.5, 0.6) is 5.75 Å². The number of fused-ring (bicyclic) bond motifs is 1. The Morgan fingerprint density at radius 3 is 2.58 bits per heavy atom. The molecule has 4 aromatic rings. The van der Waals surface area contributed by atoms with Gasteiger partial charge in [0, 0.05) is 5.56 Å². The molecule has 0 saturated carbocycles. The second-order valence-corrected chi connectivity index (χ2v) is 8.15. The zero-order chi connectivity index (χ0) is 22.1. The van der Waals surface area contributed by atoms with E-state index in [1.165, 1.54) is 11.5 Å². The van der Waals surface area contributed by atoms with E-state index in [1.54, 1.807) is 30.3 Å². The van der Waals surface area contributed by atoms with Gasteiger partial charge in [0.25, 0.3) is 5.56 Å². The maximum atomic E-state index is 13.1. The molecule has 0 spiro atoms. The number of aromatic carboxylic acids is 1. The quantitative estimate of drug-likeness (QED) is 0.446. The molecule has 0 aliphatic heterocycles. The van der Waals surface area contributed by atoms with E-state index in [0.29, 0.717) is 11.3 Å². The van der Waals surface area contributed by atoms with Crippen molar-refractivity contribution in [2.45, 2.75) is 6.92 Å². The smallest absolute Gasteiger partial charge is 0.348 e. The number of hydrogen-bond donors (Lipinski definition) is 1. The van der Waals surface area contributed by atoms with Gasteiger partial charge in [-0.2, -0.15) is 0 Å². The highest BCUT2D eigenvalue weighted by molar-refractivity contribution is 7.19. The Labute approximate surface area is 186 Å². The van der Waals surface area contributed by atoms with Gasteiger partial charge in [0.2, 0.25) is 0 Å². The van der Waals surface area contributed by atoms with Crippen molar-refractivity contribution in [2.75, 3.05) is 7.11 Å². The third-order valence-electron chi connectivity index (χ3n) is 4.69. The molecule has 31 heavy (non-hydrogen) atoms. The van der Waals surface area contributed by atoms with E-state index >= 15 is 0 Å². The molecule has 1 N–H and O–H groups in total. The fraction of sp³-hybridized carbons (Fsp3) is 0.0870. The molecule has 4 rings (SSSR count). The molecule has 0 unspecified atom stereocenters. The van der Waals surface area contributed by atoms with Crippen molar-refractivity contribution in [3.05, 3.63) is 85.6 Å². The average molecular weight is 453 g/mol. The second kappa shape index (κ2) is 8.37. The molecule has 8 heteroatoms. The predicted molar refractivity (Wildman–Crippen MR) is 123 cm³/mol. The van der Waals surface area contributed by atoms with Gasteiger partial charge in [-0.25, -0.2) is 14.2 Å². The number of thiazole rings is 1. The van der Waals surface area contributed by atoms with E-state index in [1.807, 2.05) is 37.3 Å². The zero-order valence-electron chi connectivity index (χ0n) is 16.6. The van der Waals surface area contributed by atoms with Crippen LogP contribution in [0.4, 0.5) is 0 Å². The molecule has 6 nitrogen and oxygen atoms in total. The number of aryl methyl sites for hydroxylation is 1. The van der Waals surface area contributed by atoms with Crippen molar-refractivity contribution in [2.24, 2.45) is 0 Å². The van der Waals surface area contributed by atoms with Gasteiger partial charge in [-0.05, 0) is 42.8 Å². The standard InChI is InChI=1S/C23H17ClN2O4S/c1-13-4-3-5-14(12-13)6-11-17-18(24)21(27)26-19(15-7-9-16(30-2)10-8-15)20(22(28)29)31-23(26)25-17/h3-12H,1-2H3,(H,28,29)/b11-6+. The second-order valence-electron chi connectivity index (χ2n) is 6.80. The van der Waals surface area contributed by atoms with Crippen molar-refractivity contribution in [1.82, 2.24) is 9.38 Å². The Morgan fingerprint density at radius 2 is 1.94 bits per heavy atom. The summed E-state index contributed by atoms with van der Waals surface area (Å²) in [6, 6.07) is 14.6. The first kappa shape index (κ1) is 20.8. The molecule has 0 fully saturated rings. The number of methoxy groups -OCH3 is 1. The van der Waals surface area contributed by atoms with Crippen LogP contribution < -0.4 is 10.3 Å². The van der Waals surface area contributed by atoms with Gasteiger partial charge < -0.3 is 9.84 Å². The molecule has 0 atom stereocenters. The third kappa shape index (κ3) is 3.97. The van der Waals surface area contributed by atoms with Crippen LogP contribution in [0, 0.1) is 6.92 Å². The number of ether oxygens (including phenoxy) is 1. The Balaban J connectivity index is 1.90. The molecule has 0 bridgehead atoms. The van der Waals surface area contributed by atoms with Gasteiger partial charge in [-0.3, -0.25) is 4.79 Å². The van der Waals surface area contributed by atoms with Crippen molar-refractivity contribution >= 4 is 46.0 Å². The van der Waals surface area contributed by atoms with Crippen LogP contribution in [0.3, 0.4) is 0 Å². The third-order valence-corrected chi connectivity index (χ3v) is 6.07. The van der Waals surface area contributed by atoms with E-state index in [2.05, 4.69) is 4.98 Å². The fourth-order valence-corrected chi connectivity index (χ4v) is 4.39. The van der Waals surface area contributed by atoms with Crippen molar-refractivity contribution in [3.63, 3.8) is 0 Å². The van der Waals surface area contributed by atoms with Crippen LogP contribution in [-0.2, 0) is 0 Å². The molecule has 0 radical (unpaired) electrons. The lowest BCUT2D eigenvalue weighted by Crippen LogP contribution is -2.17. The average Bonchev–Trinajstić information content (AvgIpc) is 3.15. The molecule has 0 aliphatic carbocycles. The largest absolute Gasteiger partial charge is 0.497 e. The summed E-state index contributed by atoms with van der Waals surface area (Å²) in [5, 5.41) is 9.65. The minimum atomic E-state index is -1.14. The molecular weight excluding hydrogens is 436 g/mol. The first-order valence-corrected chi connectivity index (χ1v) is 10.5. The van der Waals surface area contributed by atoms with Crippen molar-refractivity contribution < 1.29 is 14.6 Å². The van der Waals surface area contributed by atoms with Crippen molar-refractivity contribution in [1.29, 1.82) is 0 Å². The molecule has 2 aromatic heterocycles. The van der Waals surface area contributed by atoms with Crippen LogP contribution in [-0.4, -0.2) is 27.6 Å². The van der Waals surface area contributed by atoms with E-state index in [0.717, 1.165) is 22.5 Å². The van der Waals surface area contributed by atoms with Gasteiger partial charge in [-0.15, -0.1) is 0 Å². The number of rotatable bonds is 5. The summed E-state index contributed by atoms with van der Waals surface area (Å²) in [5.41, 5.74) is 2.59. The molecule has 2 heterocycles. The minimum Gasteiger partial charge on any atom is -0.497 e. The lowest BCUT2D eigenvalue weighted by molar-refractivity contribution is 0.0702. The first-order chi connectivity index (χ1) is 14.9. The fourth-order valence-electron chi connectivity index (χ4n) is 3.22. The summed E-state index contributed by atoms with van der Waals surface area (Å²) in [6.45, 7) is 1.99. The minimum absolute atomic E-state index is 0.00523. The van der Waals surface area contributed by atoms with Crippen LogP contribution in [0.25, 0.3) is 28.4 Å². The number of aromatic nitrogens is 2. The number of hydrogen-bond acceptors (Lipinski definition) is 5. The summed E-state index contributed by atoms with van der Waals surface area (Å²) < 4.78 is 6.41. The van der Waals surface area contributed by atoms with Crippen LogP contribution in [0.2, 0.25) is 5.02 Å². The first-order valence-electron chi connectivity index (χ1n) is 9.26. The van der Waals surface area contributed by atoms with E-state index < -0.39 is 11.5 Å². The highest BCUT2D eigenvalue weighted by Gasteiger charge is 2.23. The Hall–Kier alpha value is -3.42. The monoisotopic (exact) mass is 452 g/mol. The molecule has 0 amide bonds. The Morgan fingerprint density at radius 1 is 1.19 bits per heavy atom. The highest BCUT2D eigenvalue weighted by atomic mass is 35.5. The van der Waals surface area contributed by atoms with Gasteiger partial charge in [-0.1, -0.05) is 58.8 Å². The van der Waals surface area contributed by atoms with Crippen LogP contribution >= 0.6 is 22.9 Å². The normalized spacial score (nSPS) is 11.3. The molecule has 156 valence electrons. The SMILES string of the molecule is COc1ccc(-c2c(C(=O)O)sc3nc(/C=C/c4cccc(C)c4)c(Cl)c(=O)n23)cc1. The Kier molecular flexibility index (Phi) is 5.63. The molecule has 0 aliphatic rings. The number of carbonyl (C=O) groups is 1. The predicted octanol–water partition coefficient (Wildman–Crippen LogP) is 5.26. The molecular formula is C23H17ClN2O4S. The van der Waals surface area contributed by atoms with E-state index in [-0.39, 0.29) is 26.2 Å². The summed E-state index contributed by atoms with van der Waals surface area (Å²) >= 11 is 7.28. The Bertz CT molecular complexity index is 1390. The summed E-state index contributed by atoms with van der Waals surface area (Å²) in [4.78, 5) is 29.7. The van der Waals surface area contributed by atoms with E-state index in [4.69, 9.17) is 16.3 Å². The van der Waals surface area contributed by atoms with Crippen LogP contribution in [0.15, 0.2) is 53.3 Å². The van der Waals surface area contributed by atoms with Gasteiger partial charge in [0.05, 0.1) is 18.5 Å². The number of nitrogens with zero attached hydrogens (tertiary/aromatic N) is 2. The maximum absolute atomic E-state index is 13.1. The molecule has 0 saturated heterocycles. The van der Waals surface area contributed by atoms with Gasteiger partial charge in [0.1, 0.15) is 15.6 Å². The maximum Gasteiger partial charge on any atom is 0.348 e. The molecule has 2 aromatic carbocycles. The summed E-state index contributed by atoms with van der Waals surface area (Å²) in [7, 11) is 1.54. The number of carboxylic acid groups (broad SMARTS) is 1. The van der Waals surface area contributed by atoms with Gasteiger partial charge >= 0.3 is 5.97 Å². The summed E-state index contributed by atoms with van der Waals surface area (Å²) in [5.74, 6) is -0.527. The van der Waals surface area contributed by atoms with Crippen molar-refractivity contribution in [3.8, 4) is 17.0 Å². The lowest BCUT2D eigenvalue weighted by Gasteiger charge is -2.06. The van der Waals surface area contributed by atoms with Gasteiger partial charge in [0.15, 0.2) is 4.96 Å². The zero-order valence-corrected chi connectivity index (χ0v) is 18.2. The summed E-state index contributed by atoms with van der Waals surface area (Å²) in [6.07, 6.45) is 3.47. The number of carboxylic acids is 1. The van der Waals surface area contributed by atoms with E-state index in [9.17, 15) is 14.7 Å². The van der Waals surface area contributed by atoms with Crippen LogP contribution in [0.1, 0.15) is 26.5 Å². The highest BCUT2D eigenvalue weighted by Crippen LogP contribution is 2.32. The lowest BCUT2D eigenvalue weighted by atomic mass is 10.1.